The minimum Gasteiger partial charge on any atom is -0.336 e. The van der Waals surface area contributed by atoms with Crippen molar-refractivity contribution >= 4 is 24.1 Å². The number of carbonyl (C=O) groups is 1. The fourth-order valence-electron chi connectivity index (χ4n) is 1.44. The van der Waals surface area contributed by atoms with E-state index in [1.54, 1.807) is 5.06 Å². The number of halogens is 1. The summed E-state index contributed by atoms with van der Waals surface area (Å²) in [6.07, 6.45) is 1.16. The first-order chi connectivity index (χ1) is 7.60. The number of rotatable bonds is 4. The van der Waals surface area contributed by atoms with E-state index in [9.17, 15) is 4.79 Å². The molecule has 0 aliphatic heterocycles. The Hall–Kier alpha value is -1.48. The lowest BCUT2D eigenvalue weighted by Crippen LogP contribution is -2.26. The Morgan fingerprint density at radius 2 is 2.12 bits per heavy atom. The van der Waals surface area contributed by atoms with Crippen molar-refractivity contribution in [1.82, 2.24) is 0 Å². The monoisotopic (exact) mass is 255 g/mol. The van der Waals surface area contributed by atoms with E-state index in [0.29, 0.717) is 6.54 Å². The highest BCUT2D eigenvalue weighted by Gasteiger charge is 2.11. The SMILES string of the molecule is C=CC(=O)ON(CC)c1cccc(C)c1C.Cl. The van der Waals surface area contributed by atoms with E-state index in [0.717, 1.165) is 17.3 Å². The summed E-state index contributed by atoms with van der Waals surface area (Å²) >= 11 is 0. The van der Waals surface area contributed by atoms with Gasteiger partial charge in [-0.1, -0.05) is 18.7 Å². The zero-order chi connectivity index (χ0) is 12.1. The number of hydroxylamine groups is 1. The summed E-state index contributed by atoms with van der Waals surface area (Å²) in [6, 6.07) is 5.91. The Bertz CT molecular complexity index is 404. The number of hydrogen-bond donors (Lipinski definition) is 0. The highest BCUT2D eigenvalue weighted by molar-refractivity contribution is 5.85. The van der Waals surface area contributed by atoms with Gasteiger partial charge in [-0.05, 0) is 38.0 Å². The quantitative estimate of drug-likeness (QED) is 0.611. The van der Waals surface area contributed by atoms with Crippen LogP contribution in [-0.2, 0) is 9.63 Å². The molecule has 1 rings (SSSR count). The van der Waals surface area contributed by atoms with Crippen LogP contribution in [0.1, 0.15) is 18.1 Å². The summed E-state index contributed by atoms with van der Waals surface area (Å²) < 4.78 is 0. The van der Waals surface area contributed by atoms with Crippen molar-refractivity contribution in [3.05, 3.63) is 42.0 Å². The van der Waals surface area contributed by atoms with Crippen LogP contribution in [0.2, 0.25) is 0 Å². The van der Waals surface area contributed by atoms with Gasteiger partial charge in [-0.3, -0.25) is 0 Å². The predicted octanol–water partition coefficient (Wildman–Crippen LogP) is 3.20. The van der Waals surface area contributed by atoms with Gasteiger partial charge in [-0.2, -0.15) is 0 Å². The van der Waals surface area contributed by atoms with Crippen LogP contribution in [0.4, 0.5) is 5.69 Å². The average molecular weight is 256 g/mol. The molecule has 0 unspecified atom stereocenters. The van der Waals surface area contributed by atoms with Gasteiger partial charge in [0.05, 0.1) is 12.2 Å². The number of hydrogen-bond acceptors (Lipinski definition) is 3. The van der Waals surface area contributed by atoms with E-state index in [-0.39, 0.29) is 12.4 Å². The Labute approximate surface area is 108 Å². The molecule has 0 atom stereocenters. The van der Waals surface area contributed by atoms with Gasteiger partial charge in [0.2, 0.25) is 0 Å². The van der Waals surface area contributed by atoms with Crippen LogP contribution >= 0.6 is 12.4 Å². The van der Waals surface area contributed by atoms with Crippen LogP contribution < -0.4 is 5.06 Å². The lowest BCUT2D eigenvalue weighted by Gasteiger charge is -2.23. The first-order valence-corrected chi connectivity index (χ1v) is 5.28. The molecule has 1 aromatic rings. The van der Waals surface area contributed by atoms with Crippen LogP contribution in [0.25, 0.3) is 0 Å². The van der Waals surface area contributed by atoms with Gasteiger partial charge in [0, 0.05) is 6.08 Å². The second-order valence-corrected chi connectivity index (χ2v) is 3.53. The molecule has 4 heteroatoms. The van der Waals surface area contributed by atoms with E-state index < -0.39 is 5.97 Å². The molecule has 17 heavy (non-hydrogen) atoms. The molecule has 0 fully saturated rings. The molecule has 0 saturated carbocycles. The van der Waals surface area contributed by atoms with E-state index in [1.165, 1.54) is 5.56 Å². The van der Waals surface area contributed by atoms with Gasteiger partial charge in [0.1, 0.15) is 0 Å². The number of aryl methyl sites for hydroxylation is 1. The fourth-order valence-corrected chi connectivity index (χ4v) is 1.44. The third-order valence-corrected chi connectivity index (χ3v) is 2.50. The van der Waals surface area contributed by atoms with Crippen LogP contribution in [0.5, 0.6) is 0 Å². The fraction of sp³-hybridized carbons (Fsp3) is 0.308. The lowest BCUT2D eigenvalue weighted by atomic mass is 10.1. The maximum Gasteiger partial charge on any atom is 0.355 e. The third kappa shape index (κ3) is 3.79. The minimum atomic E-state index is -0.442. The van der Waals surface area contributed by atoms with Crippen molar-refractivity contribution in [2.24, 2.45) is 0 Å². The molecule has 94 valence electrons. The van der Waals surface area contributed by atoms with E-state index in [2.05, 4.69) is 6.58 Å². The van der Waals surface area contributed by atoms with Crippen LogP contribution in [0.15, 0.2) is 30.9 Å². The van der Waals surface area contributed by atoms with Crippen molar-refractivity contribution < 1.29 is 9.63 Å². The van der Waals surface area contributed by atoms with Crippen molar-refractivity contribution in [2.45, 2.75) is 20.8 Å². The Kier molecular flexibility index (Phi) is 6.36. The van der Waals surface area contributed by atoms with E-state index >= 15 is 0 Å². The second-order valence-electron chi connectivity index (χ2n) is 3.53. The van der Waals surface area contributed by atoms with Crippen LogP contribution in [-0.4, -0.2) is 12.5 Å². The molecule has 0 saturated heterocycles. The summed E-state index contributed by atoms with van der Waals surface area (Å²) in [5.41, 5.74) is 3.20. The number of anilines is 1. The summed E-state index contributed by atoms with van der Waals surface area (Å²) in [4.78, 5) is 16.3. The normalized spacial score (nSPS) is 9.12. The maximum atomic E-state index is 11.2. The van der Waals surface area contributed by atoms with Crippen LogP contribution in [0.3, 0.4) is 0 Å². The van der Waals surface area contributed by atoms with Gasteiger partial charge >= 0.3 is 5.97 Å². The molecule has 0 aromatic heterocycles. The number of nitrogens with zero attached hydrogens (tertiary/aromatic N) is 1. The smallest absolute Gasteiger partial charge is 0.336 e. The molecular weight excluding hydrogens is 238 g/mol. The van der Waals surface area contributed by atoms with E-state index in [4.69, 9.17) is 4.84 Å². The summed E-state index contributed by atoms with van der Waals surface area (Å²) in [6.45, 7) is 9.95. The Morgan fingerprint density at radius 1 is 1.47 bits per heavy atom. The van der Waals surface area contributed by atoms with Crippen molar-refractivity contribution in [3.8, 4) is 0 Å². The number of carbonyl (C=O) groups excluding carboxylic acids is 1. The van der Waals surface area contributed by atoms with Gasteiger partial charge in [-0.15, -0.1) is 12.4 Å². The molecule has 0 bridgehead atoms. The Balaban J connectivity index is 0.00000256. The van der Waals surface area contributed by atoms with E-state index in [1.807, 2.05) is 39.0 Å². The molecule has 0 amide bonds. The summed E-state index contributed by atoms with van der Waals surface area (Å²) in [7, 11) is 0. The molecule has 0 N–H and O–H groups in total. The molecule has 1 aromatic carbocycles. The van der Waals surface area contributed by atoms with Crippen molar-refractivity contribution in [2.75, 3.05) is 11.6 Å². The van der Waals surface area contributed by atoms with Gasteiger partial charge in [0.15, 0.2) is 0 Å². The molecule has 3 nitrogen and oxygen atoms in total. The molecule has 0 spiro atoms. The molecule has 0 heterocycles. The number of benzene rings is 1. The largest absolute Gasteiger partial charge is 0.355 e. The molecule has 0 radical (unpaired) electrons. The average Bonchev–Trinajstić information content (AvgIpc) is 2.29. The lowest BCUT2D eigenvalue weighted by molar-refractivity contribution is -0.139. The second kappa shape index (κ2) is 6.97. The zero-order valence-electron chi connectivity index (χ0n) is 10.4. The topological polar surface area (TPSA) is 29.5 Å². The predicted molar refractivity (Wildman–Crippen MR) is 72.5 cm³/mol. The highest BCUT2D eigenvalue weighted by atomic mass is 35.5. The van der Waals surface area contributed by atoms with Crippen molar-refractivity contribution in [1.29, 1.82) is 0 Å². The maximum absolute atomic E-state index is 11.2. The summed E-state index contributed by atoms with van der Waals surface area (Å²) in [5.74, 6) is -0.442. The summed E-state index contributed by atoms with van der Waals surface area (Å²) in [5, 5.41) is 1.58. The first kappa shape index (κ1) is 15.5. The first-order valence-electron chi connectivity index (χ1n) is 5.28. The third-order valence-electron chi connectivity index (χ3n) is 2.50. The van der Waals surface area contributed by atoms with Gasteiger partial charge in [-0.25, -0.2) is 9.86 Å². The standard InChI is InChI=1S/C13H17NO2.ClH/c1-5-13(15)16-14(6-2)12-9-7-8-10(3)11(12)4;/h5,7-9H,1,6H2,2-4H3;1H. The van der Waals surface area contributed by atoms with Gasteiger partial charge in [0.25, 0.3) is 0 Å². The minimum absolute atomic E-state index is 0. The zero-order valence-corrected chi connectivity index (χ0v) is 11.2. The van der Waals surface area contributed by atoms with Crippen LogP contribution in [0, 0.1) is 13.8 Å². The highest BCUT2D eigenvalue weighted by Crippen LogP contribution is 2.22. The van der Waals surface area contributed by atoms with Crippen molar-refractivity contribution in [3.63, 3.8) is 0 Å². The molecule has 0 aliphatic carbocycles. The van der Waals surface area contributed by atoms with Gasteiger partial charge < -0.3 is 4.84 Å². The molecule has 0 aliphatic rings. The Morgan fingerprint density at radius 3 is 2.65 bits per heavy atom. The molecular formula is C13H18ClNO2.